The number of aryl methyl sites for hydroxylation is 1. The van der Waals surface area contributed by atoms with Gasteiger partial charge >= 0.3 is 0 Å². The monoisotopic (exact) mass is 539 g/mol. The van der Waals surface area contributed by atoms with E-state index in [0.717, 1.165) is 45.7 Å². The van der Waals surface area contributed by atoms with Gasteiger partial charge in [0.2, 0.25) is 0 Å². The van der Waals surface area contributed by atoms with Crippen molar-refractivity contribution >= 4 is 59.2 Å². The van der Waals surface area contributed by atoms with Crippen molar-refractivity contribution in [2.24, 2.45) is 4.99 Å². The molecule has 1 aromatic carbocycles. The van der Waals surface area contributed by atoms with Crippen molar-refractivity contribution in [1.82, 2.24) is 15.2 Å². The van der Waals surface area contributed by atoms with Crippen molar-refractivity contribution in [2.75, 3.05) is 44.2 Å². The minimum Gasteiger partial charge on any atom is -0.339 e. The Morgan fingerprint density at radius 1 is 1.31 bits per heavy atom. The van der Waals surface area contributed by atoms with Crippen molar-refractivity contribution in [3.05, 3.63) is 46.6 Å². The Kier molecular flexibility index (Phi) is 8.64. The Labute approximate surface area is 226 Å². The van der Waals surface area contributed by atoms with Crippen LogP contribution in [0.5, 0.6) is 0 Å². The second-order valence-electron chi connectivity index (χ2n) is 10.1. The van der Waals surface area contributed by atoms with Crippen LogP contribution in [0.2, 0.25) is 0 Å². The van der Waals surface area contributed by atoms with Gasteiger partial charge in [-0.15, -0.1) is 20.6 Å². The lowest BCUT2D eigenvalue weighted by Crippen LogP contribution is -2.29. The number of anilines is 1. The summed E-state index contributed by atoms with van der Waals surface area (Å²) in [6, 6.07) is 6.88. The molecular formula is C28H38N5PS2. The molecule has 0 amide bonds. The van der Waals surface area contributed by atoms with Gasteiger partial charge in [-0.3, -0.25) is 0 Å². The molecule has 0 spiro atoms. The summed E-state index contributed by atoms with van der Waals surface area (Å²) in [6.07, 6.45) is 8.12. The first-order valence-electron chi connectivity index (χ1n) is 13.3. The fourth-order valence-corrected chi connectivity index (χ4v) is 8.33. The summed E-state index contributed by atoms with van der Waals surface area (Å²) in [4.78, 5) is 14.8. The van der Waals surface area contributed by atoms with E-state index in [1.165, 1.54) is 68.6 Å². The van der Waals surface area contributed by atoms with E-state index in [9.17, 15) is 0 Å². The van der Waals surface area contributed by atoms with Gasteiger partial charge < -0.3 is 15.1 Å². The Morgan fingerprint density at radius 2 is 2.08 bits per heavy atom. The molecule has 5 nitrogen and oxygen atoms in total. The SMILES string of the molecule is C=C(c1nc(C(=P)SC2CCNCC2)sc1N=CC)N1CC(CCN2CCCC2)c2cc(C)ccc21. The molecule has 3 aliphatic heterocycles. The number of piperidine rings is 1. The van der Waals surface area contributed by atoms with E-state index in [-0.39, 0.29) is 0 Å². The van der Waals surface area contributed by atoms with E-state index < -0.39 is 0 Å². The second-order valence-corrected chi connectivity index (χ2v) is 13.3. The Morgan fingerprint density at radius 3 is 2.83 bits per heavy atom. The van der Waals surface area contributed by atoms with E-state index in [1.807, 2.05) is 24.9 Å². The average molecular weight is 540 g/mol. The summed E-state index contributed by atoms with van der Waals surface area (Å²) in [5.41, 5.74) is 5.93. The lowest BCUT2D eigenvalue weighted by atomic mass is 9.96. The lowest BCUT2D eigenvalue weighted by molar-refractivity contribution is 0.324. The van der Waals surface area contributed by atoms with Crippen molar-refractivity contribution in [2.45, 2.75) is 57.1 Å². The number of benzene rings is 1. The topological polar surface area (TPSA) is 43.8 Å². The fourth-order valence-electron chi connectivity index (χ4n) is 5.57. The number of rotatable bonds is 9. The highest BCUT2D eigenvalue weighted by molar-refractivity contribution is 8.18. The number of fused-ring (bicyclic) bond motifs is 1. The first-order chi connectivity index (χ1) is 17.5. The highest BCUT2D eigenvalue weighted by Gasteiger charge is 2.33. The number of hydrogen-bond acceptors (Lipinski definition) is 7. The first kappa shape index (κ1) is 26.1. The van der Waals surface area contributed by atoms with Crippen molar-refractivity contribution < 1.29 is 0 Å². The highest BCUT2D eigenvalue weighted by atomic mass is 32.2. The Bertz CT molecular complexity index is 1130. The van der Waals surface area contributed by atoms with Crippen LogP contribution in [0.15, 0.2) is 29.8 Å². The molecule has 2 fully saturated rings. The molecule has 0 saturated carbocycles. The maximum absolute atomic E-state index is 5.10. The van der Waals surface area contributed by atoms with Crippen LogP contribution in [0.3, 0.4) is 0 Å². The van der Waals surface area contributed by atoms with E-state index in [2.05, 4.69) is 55.7 Å². The van der Waals surface area contributed by atoms with Crippen LogP contribution in [0.25, 0.3) is 5.70 Å². The predicted octanol–water partition coefficient (Wildman–Crippen LogP) is 6.34. The fraction of sp³-hybridized carbons (Fsp3) is 0.536. The molecule has 1 aromatic heterocycles. The van der Waals surface area contributed by atoms with E-state index in [1.54, 1.807) is 11.3 Å². The summed E-state index contributed by atoms with van der Waals surface area (Å²) in [6.45, 7) is 15.6. The maximum Gasteiger partial charge on any atom is 0.145 e. The van der Waals surface area contributed by atoms with E-state index in [4.69, 9.17) is 9.98 Å². The zero-order valence-electron chi connectivity index (χ0n) is 21.6. The van der Waals surface area contributed by atoms with Gasteiger partial charge in [0.25, 0.3) is 0 Å². The third-order valence-electron chi connectivity index (χ3n) is 7.53. The second kappa shape index (κ2) is 11.9. The van der Waals surface area contributed by atoms with Gasteiger partial charge in [0.05, 0.1) is 10.3 Å². The summed E-state index contributed by atoms with van der Waals surface area (Å²) >= 11 is 3.56. The summed E-state index contributed by atoms with van der Waals surface area (Å²) in [5, 5.41) is 6.02. The molecule has 3 aliphatic rings. The lowest BCUT2D eigenvalue weighted by Gasteiger charge is -2.23. The Hall–Kier alpha value is -1.50. The number of aliphatic imine (C=N–C) groups is 1. The molecule has 0 radical (unpaired) electrons. The minimum atomic E-state index is 0.516. The molecule has 8 heteroatoms. The van der Waals surface area contributed by atoms with Crippen LogP contribution in [0.1, 0.15) is 66.8 Å². The number of nitrogens with zero attached hydrogens (tertiary/aromatic N) is 4. The molecular weight excluding hydrogens is 501 g/mol. The number of thioether (sulfide) groups is 1. The molecule has 2 saturated heterocycles. The molecule has 36 heavy (non-hydrogen) atoms. The van der Waals surface area contributed by atoms with Gasteiger partial charge in [-0.2, -0.15) is 0 Å². The smallest absolute Gasteiger partial charge is 0.145 e. The van der Waals surface area contributed by atoms with Gasteiger partial charge in [-0.05, 0) is 90.3 Å². The van der Waals surface area contributed by atoms with Crippen LogP contribution >= 0.6 is 32.0 Å². The molecule has 5 rings (SSSR count). The maximum atomic E-state index is 5.10. The van der Waals surface area contributed by atoms with Crippen LogP contribution in [-0.2, 0) is 0 Å². The molecule has 0 bridgehead atoms. The normalized spacial score (nSPS) is 20.9. The number of likely N-dealkylation sites (tertiary alicyclic amines) is 1. The van der Waals surface area contributed by atoms with Gasteiger partial charge in [-0.25, -0.2) is 9.98 Å². The molecule has 0 aliphatic carbocycles. The highest BCUT2D eigenvalue weighted by Crippen LogP contribution is 2.45. The summed E-state index contributed by atoms with van der Waals surface area (Å²) in [7, 11) is 3.92. The van der Waals surface area contributed by atoms with E-state index in [0.29, 0.717) is 11.2 Å². The molecule has 2 aromatic rings. The van der Waals surface area contributed by atoms with Crippen LogP contribution < -0.4 is 10.2 Å². The van der Waals surface area contributed by atoms with Crippen molar-refractivity contribution in [3.8, 4) is 0 Å². The van der Waals surface area contributed by atoms with Gasteiger partial charge in [0, 0.05) is 29.6 Å². The van der Waals surface area contributed by atoms with Gasteiger partial charge in [0.15, 0.2) is 0 Å². The standard InChI is InChI=1S/C28H38N5PS2/c1-4-30-26-25(31-27(36-26)28(34)35-22-9-12-29-13-10-22)20(3)33-18-21(11-16-32-14-5-6-15-32)23-17-19(2)7-8-24(23)33/h4,7-8,17,21-22,29,34H,3,5-6,9-16,18H2,1-2H3. The molecule has 1 atom stereocenters. The van der Waals surface area contributed by atoms with Crippen molar-refractivity contribution in [1.29, 1.82) is 0 Å². The molecule has 1 unspecified atom stereocenters. The van der Waals surface area contributed by atoms with Crippen LogP contribution in [-0.4, -0.2) is 65.2 Å². The third-order valence-corrected chi connectivity index (χ3v) is 10.6. The number of hydrogen-bond donors (Lipinski definition) is 1. The third kappa shape index (κ3) is 5.81. The first-order valence-corrected chi connectivity index (χ1v) is 15.5. The molecule has 4 heterocycles. The quantitative estimate of drug-likeness (QED) is 0.298. The van der Waals surface area contributed by atoms with E-state index >= 15 is 0 Å². The van der Waals surface area contributed by atoms with Gasteiger partial charge in [-0.1, -0.05) is 35.6 Å². The minimum absolute atomic E-state index is 0.516. The average Bonchev–Trinajstić information content (AvgIpc) is 3.62. The molecule has 192 valence electrons. The zero-order chi connectivity index (χ0) is 25.1. The van der Waals surface area contributed by atoms with Crippen LogP contribution in [0.4, 0.5) is 10.7 Å². The van der Waals surface area contributed by atoms with Crippen LogP contribution in [0, 0.1) is 6.92 Å². The summed E-state index contributed by atoms with van der Waals surface area (Å²) in [5.74, 6) is 0.516. The number of thiazole rings is 1. The molecule has 1 N–H and O–H groups in total. The Balaban J connectivity index is 1.37. The summed E-state index contributed by atoms with van der Waals surface area (Å²) < 4.78 is 1.11. The number of aromatic nitrogens is 1. The van der Waals surface area contributed by atoms with Crippen molar-refractivity contribution in [3.63, 3.8) is 0 Å². The zero-order valence-corrected chi connectivity index (χ0v) is 24.2. The number of nitrogens with one attached hydrogen (secondary N) is 1. The largest absolute Gasteiger partial charge is 0.339 e. The van der Waals surface area contributed by atoms with Gasteiger partial charge in [0.1, 0.15) is 15.7 Å². The predicted molar refractivity (Wildman–Crippen MR) is 162 cm³/mol.